The third-order valence-corrected chi connectivity index (χ3v) is 5.90. The quantitative estimate of drug-likeness (QED) is 0.601. The smallest absolute Gasteiger partial charge is 0.260 e. The molecule has 0 aliphatic carbocycles. The van der Waals surface area contributed by atoms with Gasteiger partial charge in [-0.15, -0.1) is 10.2 Å². The Morgan fingerprint density at radius 1 is 0.968 bits per heavy atom. The van der Waals surface area contributed by atoms with Gasteiger partial charge in [-0.25, -0.2) is 0 Å². The number of hydrogen-bond donors (Lipinski definition) is 0. The summed E-state index contributed by atoms with van der Waals surface area (Å²) in [6, 6.07) is 17.3. The Balaban J connectivity index is 1.30. The van der Waals surface area contributed by atoms with E-state index < -0.39 is 0 Å². The summed E-state index contributed by atoms with van der Waals surface area (Å²) in [5.41, 5.74) is 4.00. The molecule has 31 heavy (non-hydrogen) atoms. The van der Waals surface area contributed by atoms with Crippen molar-refractivity contribution >= 4 is 23.3 Å². The molecule has 6 nitrogen and oxygen atoms in total. The van der Waals surface area contributed by atoms with Crippen LogP contribution in [0.5, 0.6) is 5.75 Å². The predicted octanol–water partition coefficient (Wildman–Crippen LogP) is 4.14. The average Bonchev–Trinajstić information content (AvgIpc) is 2.80. The molecule has 0 bridgehead atoms. The third-order valence-electron chi connectivity index (χ3n) is 5.65. The van der Waals surface area contributed by atoms with Crippen LogP contribution >= 0.6 is 11.6 Å². The lowest BCUT2D eigenvalue weighted by Crippen LogP contribution is -2.50. The van der Waals surface area contributed by atoms with Crippen molar-refractivity contribution in [3.8, 4) is 17.0 Å². The van der Waals surface area contributed by atoms with E-state index in [-0.39, 0.29) is 12.5 Å². The number of aryl methyl sites for hydroxylation is 1. The van der Waals surface area contributed by atoms with Crippen molar-refractivity contribution in [2.75, 3.05) is 37.7 Å². The van der Waals surface area contributed by atoms with Crippen LogP contribution in [0, 0.1) is 13.8 Å². The molecular weight excluding hydrogens is 412 g/mol. The van der Waals surface area contributed by atoms with Crippen LogP contribution in [-0.2, 0) is 4.79 Å². The van der Waals surface area contributed by atoms with Crippen molar-refractivity contribution in [1.29, 1.82) is 0 Å². The molecule has 0 spiro atoms. The van der Waals surface area contributed by atoms with Crippen LogP contribution in [0.4, 0.5) is 5.82 Å². The van der Waals surface area contributed by atoms with Gasteiger partial charge in [0.2, 0.25) is 0 Å². The van der Waals surface area contributed by atoms with Crippen molar-refractivity contribution in [3.63, 3.8) is 0 Å². The Labute approximate surface area is 187 Å². The molecule has 0 atom stereocenters. The molecule has 1 amide bonds. The fraction of sp³-hybridized carbons (Fsp3) is 0.292. The summed E-state index contributed by atoms with van der Waals surface area (Å²) < 4.78 is 5.77. The van der Waals surface area contributed by atoms with Gasteiger partial charge in [-0.2, -0.15) is 0 Å². The topological polar surface area (TPSA) is 58.6 Å². The summed E-state index contributed by atoms with van der Waals surface area (Å²) in [5, 5.41) is 9.43. The number of hydrogen-bond acceptors (Lipinski definition) is 5. The number of anilines is 1. The van der Waals surface area contributed by atoms with Crippen LogP contribution in [0.25, 0.3) is 11.3 Å². The molecule has 2 heterocycles. The third kappa shape index (κ3) is 4.97. The molecule has 4 rings (SSSR count). The number of ether oxygens (including phenoxy) is 1. The van der Waals surface area contributed by atoms with Gasteiger partial charge in [0.15, 0.2) is 12.4 Å². The molecule has 1 aliphatic rings. The van der Waals surface area contributed by atoms with Crippen LogP contribution < -0.4 is 9.64 Å². The monoisotopic (exact) mass is 436 g/mol. The number of carbonyl (C=O) groups excluding carboxylic acids is 1. The normalized spacial score (nSPS) is 13.9. The molecule has 1 aromatic heterocycles. The van der Waals surface area contributed by atoms with Crippen molar-refractivity contribution in [2.45, 2.75) is 13.8 Å². The minimum absolute atomic E-state index is 0.00438. The van der Waals surface area contributed by atoms with E-state index in [0.29, 0.717) is 31.2 Å². The van der Waals surface area contributed by atoms with Crippen LogP contribution in [-0.4, -0.2) is 53.8 Å². The van der Waals surface area contributed by atoms with Gasteiger partial charge in [0.25, 0.3) is 5.91 Å². The van der Waals surface area contributed by atoms with E-state index in [4.69, 9.17) is 16.3 Å². The zero-order chi connectivity index (χ0) is 21.8. The Hall–Kier alpha value is -3.12. The van der Waals surface area contributed by atoms with E-state index in [1.807, 2.05) is 73.3 Å². The fourth-order valence-corrected chi connectivity index (χ4v) is 3.69. The minimum Gasteiger partial charge on any atom is -0.483 e. The second-order valence-corrected chi connectivity index (χ2v) is 8.07. The Kier molecular flexibility index (Phi) is 6.37. The van der Waals surface area contributed by atoms with Crippen molar-refractivity contribution in [3.05, 3.63) is 70.7 Å². The maximum Gasteiger partial charge on any atom is 0.260 e. The summed E-state index contributed by atoms with van der Waals surface area (Å²) >= 11 is 5.95. The van der Waals surface area contributed by atoms with Gasteiger partial charge < -0.3 is 14.5 Å². The summed E-state index contributed by atoms with van der Waals surface area (Å²) in [5.74, 6) is 1.59. The molecule has 160 valence electrons. The maximum atomic E-state index is 12.6. The standard InChI is InChI=1S/C24H25ClN4O2/c1-17-4-3-5-22(18(17)2)31-16-24(30)29-14-12-28(13-15-29)23-11-10-21(26-27-23)19-6-8-20(25)9-7-19/h3-11H,12-16H2,1-2H3. The number of halogens is 1. The highest BCUT2D eigenvalue weighted by atomic mass is 35.5. The Morgan fingerprint density at radius 3 is 2.39 bits per heavy atom. The minimum atomic E-state index is 0.00438. The lowest BCUT2D eigenvalue weighted by Gasteiger charge is -2.35. The number of rotatable bonds is 5. The number of carbonyl (C=O) groups is 1. The zero-order valence-corrected chi connectivity index (χ0v) is 18.5. The molecular formula is C24H25ClN4O2. The maximum absolute atomic E-state index is 12.6. The average molecular weight is 437 g/mol. The van der Waals surface area contributed by atoms with Crippen molar-refractivity contribution < 1.29 is 9.53 Å². The Bertz CT molecular complexity index is 1050. The second-order valence-electron chi connectivity index (χ2n) is 7.64. The highest BCUT2D eigenvalue weighted by Gasteiger charge is 2.22. The molecule has 7 heteroatoms. The first-order chi connectivity index (χ1) is 15.0. The number of nitrogens with zero attached hydrogens (tertiary/aromatic N) is 4. The number of piperazine rings is 1. The van der Waals surface area contributed by atoms with Crippen LogP contribution in [0.1, 0.15) is 11.1 Å². The van der Waals surface area contributed by atoms with E-state index in [1.54, 1.807) is 0 Å². The summed E-state index contributed by atoms with van der Waals surface area (Å²) in [7, 11) is 0. The first-order valence-corrected chi connectivity index (χ1v) is 10.7. The number of benzene rings is 2. The first-order valence-electron chi connectivity index (χ1n) is 10.3. The largest absolute Gasteiger partial charge is 0.483 e. The highest BCUT2D eigenvalue weighted by molar-refractivity contribution is 6.30. The SMILES string of the molecule is Cc1cccc(OCC(=O)N2CCN(c3ccc(-c4ccc(Cl)cc4)nn3)CC2)c1C. The molecule has 3 aromatic rings. The summed E-state index contributed by atoms with van der Waals surface area (Å²) in [6.07, 6.45) is 0. The van der Waals surface area contributed by atoms with Gasteiger partial charge >= 0.3 is 0 Å². The molecule has 0 radical (unpaired) electrons. The lowest BCUT2D eigenvalue weighted by molar-refractivity contribution is -0.133. The van der Waals surface area contributed by atoms with Crippen LogP contribution in [0.15, 0.2) is 54.6 Å². The molecule has 0 unspecified atom stereocenters. The predicted molar refractivity (Wildman–Crippen MR) is 123 cm³/mol. The molecule has 1 saturated heterocycles. The van der Waals surface area contributed by atoms with E-state index in [9.17, 15) is 4.79 Å². The van der Waals surface area contributed by atoms with Gasteiger partial charge in [0.1, 0.15) is 5.75 Å². The molecule has 2 aromatic carbocycles. The van der Waals surface area contributed by atoms with Gasteiger partial charge in [0.05, 0.1) is 5.69 Å². The van der Waals surface area contributed by atoms with Gasteiger partial charge in [-0.05, 0) is 55.3 Å². The Morgan fingerprint density at radius 2 is 1.71 bits per heavy atom. The van der Waals surface area contributed by atoms with Gasteiger partial charge in [-0.1, -0.05) is 35.9 Å². The first kappa shape index (κ1) is 21.1. The zero-order valence-electron chi connectivity index (χ0n) is 17.7. The van der Waals surface area contributed by atoms with Crippen LogP contribution in [0.2, 0.25) is 5.02 Å². The summed E-state index contributed by atoms with van der Waals surface area (Å²) in [4.78, 5) is 16.6. The van der Waals surface area contributed by atoms with E-state index >= 15 is 0 Å². The highest BCUT2D eigenvalue weighted by Crippen LogP contribution is 2.22. The number of amides is 1. The van der Waals surface area contributed by atoms with Crippen molar-refractivity contribution in [1.82, 2.24) is 15.1 Å². The molecule has 1 fully saturated rings. The van der Waals surface area contributed by atoms with Gasteiger partial charge in [-0.3, -0.25) is 4.79 Å². The number of aromatic nitrogens is 2. The molecule has 0 saturated carbocycles. The van der Waals surface area contributed by atoms with Crippen molar-refractivity contribution in [2.24, 2.45) is 0 Å². The van der Waals surface area contributed by atoms with E-state index in [2.05, 4.69) is 15.1 Å². The molecule has 1 aliphatic heterocycles. The van der Waals surface area contributed by atoms with E-state index in [1.165, 1.54) is 0 Å². The summed E-state index contributed by atoms with van der Waals surface area (Å²) in [6.45, 7) is 6.79. The second kappa shape index (κ2) is 9.35. The molecule has 0 N–H and O–H groups in total. The lowest BCUT2D eigenvalue weighted by atomic mass is 10.1. The fourth-order valence-electron chi connectivity index (χ4n) is 3.56. The van der Waals surface area contributed by atoms with Crippen LogP contribution in [0.3, 0.4) is 0 Å². The van der Waals surface area contributed by atoms with Gasteiger partial charge in [0, 0.05) is 36.8 Å². The van der Waals surface area contributed by atoms with E-state index in [0.717, 1.165) is 34.0 Å².